The van der Waals surface area contributed by atoms with E-state index in [-0.39, 0.29) is 0 Å². The zero-order chi connectivity index (χ0) is 14.1. The molecule has 0 heterocycles. The number of rotatable bonds is 7. The zero-order valence-corrected chi connectivity index (χ0v) is 10.5. The van der Waals surface area contributed by atoms with Crippen molar-refractivity contribution >= 4 is 18.0 Å². The molecule has 102 valence electrons. The Bertz CT molecular complexity index is 470. The monoisotopic (exact) mass is 265 g/mol. The molecule has 0 unspecified atom stereocenters. The van der Waals surface area contributed by atoms with Gasteiger partial charge in [0, 0.05) is 11.6 Å². The minimum Gasteiger partial charge on any atom is -0.493 e. The van der Waals surface area contributed by atoms with E-state index in [0.29, 0.717) is 12.4 Å². The Labute approximate surface area is 110 Å². The van der Waals surface area contributed by atoms with E-state index in [1.54, 1.807) is 18.2 Å². The van der Waals surface area contributed by atoms with Crippen LogP contribution in [0.4, 0.5) is 0 Å². The van der Waals surface area contributed by atoms with Gasteiger partial charge in [0.2, 0.25) is 0 Å². The summed E-state index contributed by atoms with van der Waals surface area (Å²) in [5.74, 6) is -1.04. The van der Waals surface area contributed by atoms with Gasteiger partial charge in [-0.2, -0.15) is 0 Å². The highest BCUT2D eigenvalue weighted by Crippen LogP contribution is 2.19. The fraction of sp³-hybridized carbons (Fsp3) is 0.231. The number of carboxylic acid groups (broad SMARTS) is 1. The van der Waals surface area contributed by atoms with Crippen molar-refractivity contribution in [2.24, 2.45) is 0 Å². The number of ether oxygens (including phenoxy) is 1. The molecule has 6 nitrogen and oxygen atoms in total. The molecule has 0 spiro atoms. The first-order chi connectivity index (χ1) is 9.13. The zero-order valence-electron chi connectivity index (χ0n) is 10.5. The van der Waals surface area contributed by atoms with Crippen LogP contribution >= 0.6 is 0 Å². The molecule has 1 aromatic carbocycles. The molecule has 0 aromatic heterocycles. The molecule has 1 amide bonds. The molecule has 0 aliphatic heterocycles. The third-order valence-corrected chi connectivity index (χ3v) is 2.00. The molecule has 1 aromatic rings. The minimum absolute atomic E-state index is 0.527. The molecule has 6 heteroatoms. The first kappa shape index (κ1) is 14.7. The summed E-state index contributed by atoms with van der Waals surface area (Å²) in [7, 11) is 0. The van der Waals surface area contributed by atoms with Gasteiger partial charge in [-0.3, -0.25) is 9.63 Å². The second-order valence-electron chi connectivity index (χ2n) is 3.45. The molecule has 0 atom stereocenters. The number of hydrogen-bond donors (Lipinski definition) is 2. The number of nitrogens with one attached hydrogen (secondary N) is 1. The Hall–Kier alpha value is -2.34. The van der Waals surface area contributed by atoms with Crippen LogP contribution in [0.15, 0.2) is 30.3 Å². The van der Waals surface area contributed by atoms with Crippen LogP contribution in [0.25, 0.3) is 6.08 Å². The highest BCUT2D eigenvalue weighted by molar-refractivity contribution is 5.91. The fourth-order valence-electron chi connectivity index (χ4n) is 1.27. The van der Waals surface area contributed by atoms with Crippen LogP contribution in [-0.4, -0.2) is 30.2 Å². The van der Waals surface area contributed by atoms with Gasteiger partial charge in [0.25, 0.3) is 5.91 Å². The maximum absolute atomic E-state index is 11.3. The van der Waals surface area contributed by atoms with Crippen molar-refractivity contribution in [1.29, 1.82) is 0 Å². The summed E-state index contributed by atoms with van der Waals surface area (Å²) in [6, 6.07) is 7.24. The fourth-order valence-corrected chi connectivity index (χ4v) is 1.27. The summed E-state index contributed by atoms with van der Waals surface area (Å²) in [4.78, 5) is 25.9. The summed E-state index contributed by atoms with van der Waals surface area (Å²) < 4.78 is 5.39. The molecule has 0 aliphatic rings. The topological polar surface area (TPSA) is 84.9 Å². The summed E-state index contributed by atoms with van der Waals surface area (Å²) in [5.41, 5.74) is 2.74. The second-order valence-corrected chi connectivity index (χ2v) is 3.45. The van der Waals surface area contributed by atoms with Gasteiger partial charge in [-0.25, -0.2) is 10.3 Å². The van der Waals surface area contributed by atoms with Gasteiger partial charge in [0.15, 0.2) is 6.61 Å². The molecule has 0 fully saturated rings. The van der Waals surface area contributed by atoms with Crippen LogP contribution in [0.2, 0.25) is 0 Å². The quantitative estimate of drug-likeness (QED) is 0.572. The number of hydrogen-bond acceptors (Lipinski definition) is 4. The lowest BCUT2D eigenvalue weighted by atomic mass is 10.2. The Kier molecular flexibility index (Phi) is 6.11. The van der Waals surface area contributed by atoms with Crippen LogP contribution in [0, 0.1) is 0 Å². The molecule has 19 heavy (non-hydrogen) atoms. The number of amides is 1. The van der Waals surface area contributed by atoms with Gasteiger partial charge in [-0.1, -0.05) is 18.2 Å². The molecule has 0 aliphatic carbocycles. The van der Waals surface area contributed by atoms with E-state index < -0.39 is 18.5 Å². The number of carboxylic acids is 1. The van der Waals surface area contributed by atoms with E-state index in [1.807, 2.05) is 24.5 Å². The highest BCUT2D eigenvalue weighted by atomic mass is 16.7. The van der Waals surface area contributed by atoms with Crippen molar-refractivity contribution in [2.75, 3.05) is 13.2 Å². The third kappa shape index (κ3) is 5.69. The Morgan fingerprint density at radius 1 is 1.37 bits per heavy atom. The Morgan fingerprint density at radius 3 is 2.79 bits per heavy atom. The number of para-hydroxylation sites is 1. The summed E-state index contributed by atoms with van der Waals surface area (Å²) in [5, 5.41) is 8.32. The third-order valence-electron chi connectivity index (χ3n) is 2.00. The van der Waals surface area contributed by atoms with Crippen molar-refractivity contribution < 1.29 is 24.3 Å². The van der Waals surface area contributed by atoms with Crippen LogP contribution in [-0.2, 0) is 14.4 Å². The number of carbonyl (C=O) groups excluding carboxylic acids is 1. The van der Waals surface area contributed by atoms with Crippen molar-refractivity contribution in [3.05, 3.63) is 35.9 Å². The lowest BCUT2D eigenvalue weighted by Gasteiger charge is -2.06. The predicted octanol–water partition coefficient (Wildman–Crippen LogP) is 1.23. The summed E-state index contributed by atoms with van der Waals surface area (Å²) in [6.45, 7) is 1.81. The normalized spacial score (nSPS) is 10.4. The first-order valence-electron chi connectivity index (χ1n) is 5.67. The van der Waals surface area contributed by atoms with E-state index >= 15 is 0 Å². The van der Waals surface area contributed by atoms with E-state index in [4.69, 9.17) is 9.84 Å². The van der Waals surface area contributed by atoms with Crippen molar-refractivity contribution in [2.45, 2.75) is 6.92 Å². The SMILES string of the molecule is CCOc1ccccc1C=CC(=O)NOCC(=O)O. The highest BCUT2D eigenvalue weighted by Gasteiger charge is 2.01. The van der Waals surface area contributed by atoms with Gasteiger partial charge in [0.1, 0.15) is 5.75 Å². The van der Waals surface area contributed by atoms with Crippen LogP contribution < -0.4 is 10.2 Å². The molecule has 0 radical (unpaired) electrons. The smallest absolute Gasteiger partial charge is 0.332 e. The second kappa shape index (κ2) is 7.88. The molecular weight excluding hydrogens is 250 g/mol. The van der Waals surface area contributed by atoms with Crippen LogP contribution in [0.1, 0.15) is 12.5 Å². The Balaban J connectivity index is 2.55. The van der Waals surface area contributed by atoms with E-state index in [0.717, 1.165) is 5.56 Å². The van der Waals surface area contributed by atoms with Crippen molar-refractivity contribution in [1.82, 2.24) is 5.48 Å². The average molecular weight is 265 g/mol. The standard InChI is InChI=1S/C13H15NO5/c1-2-18-11-6-4-3-5-10(11)7-8-12(15)14-19-9-13(16)17/h3-8H,2,9H2,1H3,(H,14,15)(H,16,17). The van der Waals surface area contributed by atoms with Crippen LogP contribution in [0.3, 0.4) is 0 Å². The molecule has 0 bridgehead atoms. The summed E-state index contributed by atoms with van der Waals surface area (Å²) >= 11 is 0. The van der Waals surface area contributed by atoms with Gasteiger partial charge in [-0.15, -0.1) is 0 Å². The maximum atomic E-state index is 11.3. The van der Waals surface area contributed by atoms with E-state index in [9.17, 15) is 9.59 Å². The molecule has 0 saturated carbocycles. The summed E-state index contributed by atoms with van der Waals surface area (Å²) in [6.07, 6.45) is 2.80. The molecular formula is C13H15NO5. The number of hydroxylamine groups is 1. The predicted molar refractivity (Wildman–Crippen MR) is 68.4 cm³/mol. The lowest BCUT2D eigenvalue weighted by Crippen LogP contribution is -2.24. The van der Waals surface area contributed by atoms with E-state index in [1.165, 1.54) is 6.08 Å². The largest absolute Gasteiger partial charge is 0.493 e. The number of carbonyl (C=O) groups is 2. The lowest BCUT2D eigenvalue weighted by molar-refractivity contribution is -0.147. The van der Waals surface area contributed by atoms with Crippen LogP contribution in [0.5, 0.6) is 5.75 Å². The van der Waals surface area contributed by atoms with Gasteiger partial charge in [-0.05, 0) is 19.1 Å². The maximum Gasteiger partial charge on any atom is 0.332 e. The first-order valence-corrected chi connectivity index (χ1v) is 5.67. The molecule has 2 N–H and O–H groups in total. The van der Waals surface area contributed by atoms with E-state index in [2.05, 4.69) is 4.84 Å². The molecule has 0 saturated heterocycles. The number of aliphatic carboxylic acids is 1. The average Bonchev–Trinajstić information content (AvgIpc) is 2.37. The van der Waals surface area contributed by atoms with Gasteiger partial charge < -0.3 is 9.84 Å². The van der Waals surface area contributed by atoms with Gasteiger partial charge >= 0.3 is 5.97 Å². The van der Waals surface area contributed by atoms with Crippen molar-refractivity contribution in [3.63, 3.8) is 0 Å². The van der Waals surface area contributed by atoms with Crippen molar-refractivity contribution in [3.8, 4) is 5.75 Å². The van der Waals surface area contributed by atoms with Gasteiger partial charge in [0.05, 0.1) is 6.61 Å². The minimum atomic E-state index is -1.16. The Morgan fingerprint density at radius 2 is 2.11 bits per heavy atom. The number of benzene rings is 1. The molecule has 1 rings (SSSR count).